The number of halogens is 1. The number of likely N-dealkylation sites (tertiary alicyclic amines) is 1. The predicted molar refractivity (Wildman–Crippen MR) is 246 cm³/mol. The van der Waals surface area contributed by atoms with Gasteiger partial charge < -0.3 is 34.5 Å². The van der Waals surface area contributed by atoms with Gasteiger partial charge in [0.15, 0.2) is 5.82 Å². The summed E-state index contributed by atoms with van der Waals surface area (Å²) in [5, 5.41) is 10.1. The molecule has 5 aliphatic rings. The van der Waals surface area contributed by atoms with Gasteiger partial charge in [-0.3, -0.25) is 24.6 Å². The molecule has 5 heterocycles. The second kappa shape index (κ2) is 17.4. The van der Waals surface area contributed by atoms with Gasteiger partial charge in [-0.1, -0.05) is 36.7 Å². The lowest BCUT2D eigenvalue weighted by Gasteiger charge is -2.57. The van der Waals surface area contributed by atoms with Gasteiger partial charge in [0.1, 0.15) is 29.7 Å². The van der Waals surface area contributed by atoms with Crippen LogP contribution in [-0.2, 0) is 27.1 Å². The molecule has 1 atom stereocenters. The van der Waals surface area contributed by atoms with Crippen LogP contribution in [0.4, 0.5) is 28.8 Å². The molecule has 16 heteroatoms. The van der Waals surface area contributed by atoms with Gasteiger partial charge in [0.05, 0.1) is 37.3 Å². The summed E-state index contributed by atoms with van der Waals surface area (Å²) in [4.78, 5) is 53.6. The number of ether oxygens (including phenoxy) is 2. The smallest absolute Gasteiger partial charge is 0.255 e. The van der Waals surface area contributed by atoms with Crippen LogP contribution in [0.5, 0.6) is 11.5 Å². The molecule has 3 amide bonds. The molecule has 9 rings (SSSR count). The molecule has 1 spiro atoms. The number of fused-ring (bicyclic) bond motifs is 1. The monoisotopic (exact) mass is 894 g/mol. The number of rotatable bonds is 12. The highest BCUT2D eigenvalue weighted by molar-refractivity contribution is 7.70. The third-order valence-corrected chi connectivity index (χ3v) is 15.6. The van der Waals surface area contributed by atoms with Crippen LogP contribution in [0, 0.1) is 5.41 Å². The minimum Gasteiger partial charge on any atom is -0.494 e. The number of para-hydroxylation sites is 1. The Balaban J connectivity index is 0.780. The zero-order valence-corrected chi connectivity index (χ0v) is 38.1. The van der Waals surface area contributed by atoms with Crippen LogP contribution in [0.25, 0.3) is 0 Å². The lowest BCUT2D eigenvalue weighted by atomic mass is 9.67. The fourth-order valence-corrected chi connectivity index (χ4v) is 11.6. The Labute approximate surface area is 373 Å². The average Bonchev–Trinajstić information content (AvgIpc) is 3.60. The molecule has 1 aromatic heterocycles. The van der Waals surface area contributed by atoms with E-state index >= 15 is 0 Å². The molecule has 3 N–H and O–H groups in total. The lowest BCUT2D eigenvalue weighted by molar-refractivity contribution is -0.136. The molecule has 1 unspecified atom stereocenters. The fourth-order valence-electron chi connectivity index (χ4n) is 10.3. The molecule has 1 saturated carbocycles. The van der Waals surface area contributed by atoms with Gasteiger partial charge in [-0.25, -0.2) is 4.98 Å². The number of anilines is 5. The number of carbonyl (C=O) groups excluding carboxylic acids is 3. The minimum absolute atomic E-state index is 0.0889. The molecule has 1 aliphatic carbocycles. The number of amides is 3. The average molecular weight is 895 g/mol. The van der Waals surface area contributed by atoms with E-state index in [1.165, 1.54) is 11.3 Å². The molecule has 332 valence electrons. The highest BCUT2D eigenvalue weighted by Crippen LogP contribution is 2.47. The van der Waals surface area contributed by atoms with E-state index in [0.29, 0.717) is 58.2 Å². The molecule has 3 saturated heterocycles. The van der Waals surface area contributed by atoms with Crippen molar-refractivity contribution < 1.29 is 28.4 Å². The Morgan fingerprint density at radius 3 is 2.41 bits per heavy atom. The fraction of sp³-hybridized carbons (Fsp3) is 0.468. The van der Waals surface area contributed by atoms with E-state index in [9.17, 15) is 18.9 Å². The quantitative estimate of drug-likeness (QED) is 0.0953. The number of aromatic nitrogens is 2. The minimum atomic E-state index is -2.56. The standard InChI is InChI=1S/C47H56ClN8O6P/c1-5-29-23-36(51-46-49-25-34(48)43(53-46)50-35-10-6-7-12-41(35)63(3,4)60)40(61-2)24-38(29)54-21-17-30(18-22-54)55-27-47(28-55)19-15-31(16-20-47)62-39-11-8-9-32-33(39)26-56(45(32)59)37-13-14-42(57)52-44(37)58/h6-12,23-25,30-31,37H,5,13-22,26-28H2,1-4H3,(H,52,57,58)(H2,49,50,51,53). The highest BCUT2D eigenvalue weighted by atomic mass is 35.5. The number of carbonyl (C=O) groups is 3. The zero-order chi connectivity index (χ0) is 44.0. The molecule has 3 aromatic carbocycles. The van der Waals surface area contributed by atoms with E-state index in [1.807, 2.05) is 42.5 Å². The van der Waals surface area contributed by atoms with Crippen molar-refractivity contribution in [1.29, 1.82) is 0 Å². The third kappa shape index (κ3) is 8.74. The first-order valence-electron chi connectivity index (χ1n) is 22.2. The van der Waals surface area contributed by atoms with Crippen LogP contribution >= 0.6 is 18.7 Å². The number of nitrogens with one attached hydrogen (secondary N) is 3. The Morgan fingerprint density at radius 2 is 1.70 bits per heavy atom. The topological polar surface area (TPSA) is 158 Å². The normalized spacial score (nSPS) is 20.7. The van der Waals surface area contributed by atoms with Gasteiger partial charge in [0, 0.05) is 66.8 Å². The van der Waals surface area contributed by atoms with Gasteiger partial charge >= 0.3 is 0 Å². The summed E-state index contributed by atoms with van der Waals surface area (Å²) in [6.07, 6.45) is 9.46. The number of hydrogen-bond acceptors (Lipinski definition) is 12. The van der Waals surface area contributed by atoms with Gasteiger partial charge in [0.2, 0.25) is 17.8 Å². The van der Waals surface area contributed by atoms with Crippen molar-refractivity contribution in [2.24, 2.45) is 5.41 Å². The van der Waals surface area contributed by atoms with Crippen LogP contribution < -0.4 is 35.6 Å². The number of piperidine rings is 2. The van der Waals surface area contributed by atoms with E-state index in [1.54, 1.807) is 31.5 Å². The maximum atomic E-state index is 13.3. The third-order valence-electron chi connectivity index (χ3n) is 13.7. The van der Waals surface area contributed by atoms with Crippen LogP contribution in [-0.4, -0.2) is 102 Å². The van der Waals surface area contributed by atoms with Crippen molar-refractivity contribution in [1.82, 2.24) is 25.1 Å². The first-order valence-corrected chi connectivity index (χ1v) is 25.1. The molecular weight excluding hydrogens is 839 g/mol. The highest BCUT2D eigenvalue weighted by Gasteiger charge is 2.48. The number of aryl methyl sites for hydroxylation is 1. The lowest BCUT2D eigenvalue weighted by Crippen LogP contribution is -2.62. The van der Waals surface area contributed by atoms with Crippen molar-refractivity contribution in [2.45, 2.75) is 89.4 Å². The van der Waals surface area contributed by atoms with Crippen molar-refractivity contribution in [2.75, 3.05) is 62.2 Å². The van der Waals surface area contributed by atoms with E-state index in [2.05, 4.69) is 49.8 Å². The molecule has 4 aliphatic heterocycles. The van der Waals surface area contributed by atoms with Crippen molar-refractivity contribution >= 4 is 70.6 Å². The number of hydrogen-bond donors (Lipinski definition) is 3. The molecule has 4 fully saturated rings. The first kappa shape index (κ1) is 43.1. The van der Waals surface area contributed by atoms with Crippen molar-refractivity contribution in [3.63, 3.8) is 0 Å². The number of nitrogens with zero attached hydrogens (tertiary/aromatic N) is 5. The van der Waals surface area contributed by atoms with Crippen LogP contribution in [0.3, 0.4) is 0 Å². The SMILES string of the molecule is CCc1cc(Nc2ncc(Cl)c(Nc3ccccc3P(C)(C)=O)n2)c(OC)cc1N1CCC(N2CC3(CCC(Oc4cccc5c4CN(C4CCC(=O)NC4=O)C5=O)CC3)C2)CC1. The molecular formula is C47H56ClN8O6P. The van der Waals surface area contributed by atoms with Crippen LogP contribution in [0.2, 0.25) is 5.02 Å². The Hall–Kier alpha value is -5.17. The second-order valence-corrected chi connectivity index (χ2v) is 21.8. The summed E-state index contributed by atoms with van der Waals surface area (Å²) in [5.41, 5.74) is 5.61. The summed E-state index contributed by atoms with van der Waals surface area (Å²) in [6, 6.07) is 17.3. The first-order chi connectivity index (χ1) is 30.3. The molecule has 0 radical (unpaired) electrons. The van der Waals surface area contributed by atoms with E-state index in [4.69, 9.17) is 26.1 Å². The zero-order valence-electron chi connectivity index (χ0n) is 36.4. The Kier molecular flexibility index (Phi) is 11.9. The number of methoxy groups -OCH3 is 1. The molecule has 63 heavy (non-hydrogen) atoms. The van der Waals surface area contributed by atoms with Crippen LogP contribution in [0.1, 0.15) is 79.8 Å². The van der Waals surface area contributed by atoms with Gasteiger partial charge in [-0.05, 0) is 106 Å². The number of imide groups is 1. The molecule has 14 nitrogen and oxygen atoms in total. The van der Waals surface area contributed by atoms with Gasteiger partial charge in [0.25, 0.3) is 5.91 Å². The maximum Gasteiger partial charge on any atom is 0.255 e. The summed E-state index contributed by atoms with van der Waals surface area (Å²) in [5.74, 6) is 1.33. The van der Waals surface area contributed by atoms with Crippen molar-refractivity contribution in [3.8, 4) is 11.5 Å². The van der Waals surface area contributed by atoms with E-state index in [-0.39, 0.29) is 24.3 Å². The Bertz CT molecular complexity index is 2470. The summed E-state index contributed by atoms with van der Waals surface area (Å²) >= 11 is 6.54. The van der Waals surface area contributed by atoms with E-state index in [0.717, 1.165) is 93.4 Å². The van der Waals surface area contributed by atoms with Gasteiger partial charge in [-0.2, -0.15) is 4.98 Å². The summed E-state index contributed by atoms with van der Waals surface area (Å²) in [6.45, 7) is 10.2. The van der Waals surface area contributed by atoms with E-state index < -0.39 is 19.1 Å². The summed E-state index contributed by atoms with van der Waals surface area (Å²) < 4.78 is 25.5. The summed E-state index contributed by atoms with van der Waals surface area (Å²) in [7, 11) is -0.881. The molecule has 0 bridgehead atoms. The number of benzene rings is 3. The Morgan fingerprint density at radius 1 is 0.937 bits per heavy atom. The van der Waals surface area contributed by atoms with Crippen molar-refractivity contribution in [3.05, 3.63) is 82.5 Å². The second-order valence-electron chi connectivity index (χ2n) is 18.2. The van der Waals surface area contributed by atoms with Gasteiger partial charge in [-0.15, -0.1) is 0 Å². The van der Waals surface area contributed by atoms with Crippen LogP contribution in [0.15, 0.2) is 60.8 Å². The largest absolute Gasteiger partial charge is 0.494 e. The molecule has 4 aromatic rings. The maximum absolute atomic E-state index is 13.3. The predicted octanol–water partition coefficient (Wildman–Crippen LogP) is 7.49.